The molecule has 6 atom stereocenters. The molecule has 1 aliphatic carbocycles. The number of amides is 5. The normalized spacial score (nSPS) is 23.0. The van der Waals surface area contributed by atoms with Crippen LogP contribution in [0.1, 0.15) is 68.2 Å². The third-order valence-corrected chi connectivity index (χ3v) is 8.21. The number of rotatable bonds is 13. The lowest BCUT2D eigenvalue weighted by Crippen LogP contribution is -2.62. The number of ketones is 1. The summed E-state index contributed by atoms with van der Waals surface area (Å²) in [7, 11) is 0. The molecule has 1 aliphatic heterocycles. The molecule has 1 saturated heterocycles. The summed E-state index contributed by atoms with van der Waals surface area (Å²) < 4.78 is 0. The van der Waals surface area contributed by atoms with Crippen molar-refractivity contribution < 1.29 is 33.9 Å². The average molecular weight is 578 g/mol. The van der Waals surface area contributed by atoms with Crippen LogP contribution in [0.3, 0.4) is 0 Å². The first-order valence-electron chi connectivity index (χ1n) is 14.2. The Balaban J connectivity index is 2.31. The van der Waals surface area contributed by atoms with Crippen molar-refractivity contribution in [3.05, 3.63) is 12.7 Å². The summed E-state index contributed by atoms with van der Waals surface area (Å²) in [5, 5.41) is 19.7. The molecule has 1 saturated carbocycles. The second kappa shape index (κ2) is 13.0. The van der Waals surface area contributed by atoms with Gasteiger partial charge in [0.1, 0.15) is 18.1 Å². The van der Waals surface area contributed by atoms with E-state index in [9.17, 15) is 33.9 Å². The fourth-order valence-corrected chi connectivity index (χ4v) is 5.68. The number of hydrogen-bond acceptors (Lipinski definition) is 6. The van der Waals surface area contributed by atoms with Gasteiger partial charge in [-0.15, -0.1) is 6.58 Å². The lowest BCUT2D eigenvalue weighted by atomic mass is 9.85. The number of Topliss-reactive ketones (excluding diaryl/α,β-unsaturated/α-hetero) is 1. The van der Waals surface area contributed by atoms with E-state index in [0.717, 1.165) is 0 Å². The molecule has 2 rings (SSSR count). The highest BCUT2D eigenvalue weighted by Crippen LogP contribution is 2.65. The first kappa shape index (κ1) is 33.8. The lowest BCUT2D eigenvalue weighted by molar-refractivity contribution is -0.145. The molecule has 0 aromatic heterocycles. The van der Waals surface area contributed by atoms with E-state index in [0.29, 0.717) is 13.0 Å². The molecule has 0 radical (unpaired) electrons. The van der Waals surface area contributed by atoms with E-state index in [2.05, 4.69) is 27.8 Å². The summed E-state index contributed by atoms with van der Waals surface area (Å²) in [6.45, 7) is 18.4. The maximum atomic E-state index is 14.0. The molecule has 2 fully saturated rings. The Kier molecular flexibility index (Phi) is 10.7. The molecule has 41 heavy (non-hydrogen) atoms. The van der Waals surface area contributed by atoms with Crippen LogP contribution < -0.4 is 21.3 Å². The predicted octanol–water partition coefficient (Wildman–Crippen LogP) is 1.45. The van der Waals surface area contributed by atoms with Gasteiger partial charge < -0.3 is 31.3 Å². The van der Waals surface area contributed by atoms with Crippen molar-refractivity contribution in [1.29, 1.82) is 0 Å². The summed E-state index contributed by atoms with van der Waals surface area (Å²) >= 11 is 0. The van der Waals surface area contributed by atoms with Gasteiger partial charge in [0.05, 0.1) is 6.04 Å². The Morgan fingerprint density at radius 2 is 1.68 bits per heavy atom. The van der Waals surface area contributed by atoms with Crippen LogP contribution in [0.15, 0.2) is 12.7 Å². The molecule has 0 aromatic carbocycles. The standard InChI is InChI=1S/C29H47N5O7/c1-10-12-17(21(35)24(37)30-13-11-2)31-23(36)20-18-16(29(18,8)9)14-34(20)25(38)22(28(5,6)7)33-27(41)32-19(15(3)4)26(39)40/h11,15-20,22H,2,10,12-14H2,1,3-9H3,(H,30,37)(H,31,36)(H,39,40)(H2,32,33,41)/t16-,17?,18-,19-,20-,22+/m0/s1. The smallest absolute Gasteiger partial charge is 0.326 e. The van der Waals surface area contributed by atoms with Crippen molar-refractivity contribution in [2.45, 2.75) is 92.4 Å². The number of piperidine rings is 1. The van der Waals surface area contributed by atoms with E-state index in [-0.39, 0.29) is 36.1 Å². The molecule has 12 heteroatoms. The molecule has 1 unspecified atom stereocenters. The molecule has 12 nitrogen and oxygen atoms in total. The molecule has 0 bridgehead atoms. The first-order valence-corrected chi connectivity index (χ1v) is 14.2. The Hall–Kier alpha value is -3.44. The Morgan fingerprint density at radius 1 is 1.07 bits per heavy atom. The van der Waals surface area contributed by atoms with E-state index in [1.54, 1.807) is 34.6 Å². The maximum Gasteiger partial charge on any atom is 0.326 e. The monoisotopic (exact) mass is 577 g/mol. The molecule has 1 heterocycles. The van der Waals surface area contributed by atoms with Crippen LogP contribution in [0.4, 0.5) is 4.79 Å². The number of hydrogen-bond donors (Lipinski definition) is 5. The third kappa shape index (κ3) is 7.65. The van der Waals surface area contributed by atoms with Crippen LogP contribution >= 0.6 is 0 Å². The minimum absolute atomic E-state index is 0.0465. The van der Waals surface area contributed by atoms with Crippen molar-refractivity contribution in [3.63, 3.8) is 0 Å². The van der Waals surface area contributed by atoms with Gasteiger partial charge in [-0.1, -0.05) is 67.9 Å². The number of aliphatic carboxylic acids is 1. The van der Waals surface area contributed by atoms with Gasteiger partial charge in [-0.05, 0) is 35.0 Å². The number of nitrogens with zero attached hydrogens (tertiary/aromatic N) is 1. The van der Waals surface area contributed by atoms with Gasteiger partial charge in [0.15, 0.2) is 0 Å². The average Bonchev–Trinajstić information content (AvgIpc) is 3.19. The van der Waals surface area contributed by atoms with Crippen LogP contribution in [-0.4, -0.2) is 82.8 Å². The number of carbonyl (C=O) groups is 6. The molecular weight excluding hydrogens is 530 g/mol. The number of nitrogens with one attached hydrogen (secondary N) is 4. The summed E-state index contributed by atoms with van der Waals surface area (Å²) in [5.41, 5.74) is -0.989. The Bertz CT molecular complexity index is 1060. The quantitative estimate of drug-likeness (QED) is 0.163. The Labute approximate surface area is 242 Å². The number of urea groups is 1. The molecule has 5 amide bonds. The first-order chi connectivity index (χ1) is 18.9. The van der Waals surface area contributed by atoms with Crippen LogP contribution in [-0.2, 0) is 24.0 Å². The fraction of sp³-hybridized carbons (Fsp3) is 0.724. The molecule has 0 spiro atoms. The van der Waals surface area contributed by atoms with Crippen molar-refractivity contribution in [2.75, 3.05) is 13.1 Å². The summed E-state index contributed by atoms with van der Waals surface area (Å²) in [6.07, 6.45) is 2.23. The van der Waals surface area contributed by atoms with Crippen molar-refractivity contribution in [1.82, 2.24) is 26.2 Å². The Morgan fingerprint density at radius 3 is 2.17 bits per heavy atom. The van der Waals surface area contributed by atoms with Gasteiger partial charge in [0.2, 0.25) is 17.6 Å². The van der Waals surface area contributed by atoms with Gasteiger partial charge >= 0.3 is 12.0 Å². The lowest BCUT2D eigenvalue weighted by Gasteiger charge is -2.38. The van der Waals surface area contributed by atoms with Crippen molar-refractivity contribution in [3.8, 4) is 0 Å². The van der Waals surface area contributed by atoms with E-state index in [4.69, 9.17) is 0 Å². The topological polar surface area (TPSA) is 174 Å². The highest BCUT2D eigenvalue weighted by atomic mass is 16.4. The zero-order valence-electron chi connectivity index (χ0n) is 25.5. The second-order valence-corrected chi connectivity index (χ2v) is 13.1. The summed E-state index contributed by atoms with van der Waals surface area (Å²) in [5.74, 6) is -4.29. The number of carbonyl (C=O) groups excluding carboxylic acids is 5. The minimum atomic E-state index is -1.19. The van der Waals surface area contributed by atoms with Crippen LogP contribution in [0.25, 0.3) is 0 Å². The van der Waals surface area contributed by atoms with Crippen LogP contribution in [0.2, 0.25) is 0 Å². The highest BCUT2D eigenvalue weighted by Gasteiger charge is 2.69. The van der Waals surface area contributed by atoms with E-state index in [1.165, 1.54) is 11.0 Å². The van der Waals surface area contributed by atoms with Gasteiger partial charge in [-0.2, -0.15) is 0 Å². The van der Waals surface area contributed by atoms with E-state index in [1.807, 2.05) is 20.8 Å². The summed E-state index contributed by atoms with van der Waals surface area (Å²) in [4.78, 5) is 78.8. The maximum absolute atomic E-state index is 14.0. The van der Waals surface area contributed by atoms with Crippen molar-refractivity contribution in [2.24, 2.45) is 28.6 Å². The van der Waals surface area contributed by atoms with Crippen molar-refractivity contribution >= 4 is 35.5 Å². The number of likely N-dealkylation sites (tertiary alicyclic amines) is 1. The van der Waals surface area contributed by atoms with E-state index < -0.39 is 65.1 Å². The zero-order chi connectivity index (χ0) is 31.4. The SMILES string of the molecule is C=CCNC(=O)C(=O)C(CCC)NC(=O)[C@@H]1[C@@H]2[C@H](CN1C(=O)[C@@H](NC(=O)N[C@H](C(=O)O)C(C)C)C(C)(C)C)C2(C)C. The fourth-order valence-electron chi connectivity index (χ4n) is 5.68. The number of fused-ring (bicyclic) bond motifs is 1. The number of carboxylic acids is 1. The molecule has 0 aromatic rings. The van der Waals surface area contributed by atoms with Gasteiger partial charge in [0, 0.05) is 13.1 Å². The molecule has 230 valence electrons. The van der Waals surface area contributed by atoms with Gasteiger partial charge in [0.25, 0.3) is 5.91 Å². The molecule has 2 aliphatic rings. The third-order valence-electron chi connectivity index (χ3n) is 8.21. The van der Waals surface area contributed by atoms with Gasteiger partial charge in [-0.25, -0.2) is 9.59 Å². The zero-order valence-corrected chi connectivity index (χ0v) is 25.5. The van der Waals surface area contributed by atoms with E-state index >= 15 is 0 Å². The van der Waals surface area contributed by atoms with Gasteiger partial charge in [-0.3, -0.25) is 19.2 Å². The number of carboxylic acid groups (broad SMARTS) is 1. The largest absolute Gasteiger partial charge is 0.480 e. The predicted molar refractivity (Wildman–Crippen MR) is 152 cm³/mol. The molecular formula is C29H47N5O7. The second-order valence-electron chi connectivity index (χ2n) is 13.1. The molecule has 5 N–H and O–H groups in total. The van der Waals surface area contributed by atoms with Crippen LogP contribution in [0.5, 0.6) is 0 Å². The van der Waals surface area contributed by atoms with Crippen LogP contribution in [0, 0.1) is 28.6 Å². The summed E-state index contributed by atoms with van der Waals surface area (Å²) in [6, 6.07) is -4.98. The minimum Gasteiger partial charge on any atom is -0.480 e. The highest BCUT2D eigenvalue weighted by molar-refractivity contribution is 6.38.